The normalized spacial score (nSPS) is 10.2. The van der Waals surface area contributed by atoms with E-state index < -0.39 is 18.5 Å². The Bertz CT molecular complexity index is 970. The molecule has 3 amide bonds. The summed E-state index contributed by atoms with van der Waals surface area (Å²) in [5.74, 6) is -1.56. The number of aryl methyl sites for hydroxylation is 2. The van der Waals surface area contributed by atoms with Crippen LogP contribution in [0.4, 0.5) is 11.4 Å². The van der Waals surface area contributed by atoms with Crippen molar-refractivity contribution >= 4 is 35.1 Å². The molecule has 0 spiro atoms. The molecule has 0 aliphatic carbocycles. The molecule has 8 heteroatoms. The number of carbonyl (C=O) groups excluding carboxylic acids is 4. The second kappa shape index (κ2) is 10.9. The molecule has 0 aromatic heterocycles. The molecule has 0 aliphatic rings. The van der Waals surface area contributed by atoms with Crippen molar-refractivity contribution in [2.24, 2.45) is 0 Å². The number of hydrogen-bond acceptors (Lipinski definition) is 5. The van der Waals surface area contributed by atoms with Crippen molar-refractivity contribution in [3.8, 4) is 0 Å². The summed E-state index contributed by atoms with van der Waals surface area (Å²) in [7, 11) is 1.47. The van der Waals surface area contributed by atoms with Crippen LogP contribution in [0.15, 0.2) is 42.5 Å². The average Bonchev–Trinajstić information content (AvgIpc) is 2.70. The molecule has 2 aromatic rings. The molecule has 0 bridgehead atoms. The second-order valence-electron chi connectivity index (χ2n) is 7.33. The first-order chi connectivity index (χ1) is 14.6. The predicted octanol–water partition coefficient (Wildman–Crippen LogP) is 2.44. The van der Waals surface area contributed by atoms with Gasteiger partial charge in [0.25, 0.3) is 5.91 Å². The van der Waals surface area contributed by atoms with Crippen LogP contribution in [0.3, 0.4) is 0 Å². The minimum atomic E-state index is -0.561. The molecule has 0 atom stereocenters. The van der Waals surface area contributed by atoms with Gasteiger partial charge in [-0.2, -0.15) is 0 Å². The standard InChI is InChI=1S/C23H27N3O5/c1-15-5-6-16(2)20(11-15)25-21(28)13-26(4)22(29)14-31-23(30)12-18-7-9-19(10-8-18)24-17(3)27/h5-11H,12-14H2,1-4H3,(H,24,27)(H,25,28). The van der Waals surface area contributed by atoms with E-state index in [1.165, 1.54) is 18.9 Å². The van der Waals surface area contributed by atoms with Crippen LogP contribution in [0.2, 0.25) is 0 Å². The van der Waals surface area contributed by atoms with Crippen LogP contribution in [0.25, 0.3) is 0 Å². The molecule has 2 rings (SSSR count). The number of ether oxygens (including phenoxy) is 1. The van der Waals surface area contributed by atoms with Crippen molar-refractivity contribution in [3.05, 3.63) is 59.2 Å². The van der Waals surface area contributed by atoms with Gasteiger partial charge in [-0.1, -0.05) is 24.3 Å². The zero-order chi connectivity index (χ0) is 23.0. The number of nitrogens with one attached hydrogen (secondary N) is 2. The number of amides is 3. The number of anilines is 2. The Labute approximate surface area is 181 Å². The summed E-state index contributed by atoms with van der Waals surface area (Å²) in [4.78, 5) is 48.6. The van der Waals surface area contributed by atoms with Gasteiger partial charge in [-0.05, 0) is 48.7 Å². The highest BCUT2D eigenvalue weighted by Gasteiger charge is 2.16. The maximum atomic E-state index is 12.2. The molecule has 31 heavy (non-hydrogen) atoms. The zero-order valence-corrected chi connectivity index (χ0v) is 18.2. The second-order valence-corrected chi connectivity index (χ2v) is 7.33. The number of esters is 1. The highest BCUT2D eigenvalue weighted by Crippen LogP contribution is 2.16. The molecule has 0 radical (unpaired) electrons. The van der Waals surface area contributed by atoms with Crippen LogP contribution in [-0.2, 0) is 30.3 Å². The van der Waals surface area contributed by atoms with Crippen LogP contribution in [0.5, 0.6) is 0 Å². The van der Waals surface area contributed by atoms with Crippen LogP contribution >= 0.6 is 0 Å². The van der Waals surface area contributed by atoms with Gasteiger partial charge in [0, 0.05) is 25.3 Å². The smallest absolute Gasteiger partial charge is 0.310 e. The van der Waals surface area contributed by atoms with E-state index in [9.17, 15) is 19.2 Å². The van der Waals surface area contributed by atoms with Gasteiger partial charge < -0.3 is 20.3 Å². The lowest BCUT2D eigenvalue weighted by Crippen LogP contribution is -2.37. The van der Waals surface area contributed by atoms with Gasteiger partial charge in [0.15, 0.2) is 6.61 Å². The Morgan fingerprint density at radius 1 is 0.968 bits per heavy atom. The van der Waals surface area contributed by atoms with Gasteiger partial charge >= 0.3 is 5.97 Å². The van der Waals surface area contributed by atoms with E-state index in [1.54, 1.807) is 24.3 Å². The summed E-state index contributed by atoms with van der Waals surface area (Å²) < 4.78 is 5.03. The quantitative estimate of drug-likeness (QED) is 0.632. The summed E-state index contributed by atoms with van der Waals surface area (Å²) in [6.07, 6.45) is -0.00946. The van der Waals surface area contributed by atoms with E-state index in [-0.39, 0.29) is 24.8 Å². The first-order valence-electron chi connectivity index (χ1n) is 9.77. The SMILES string of the molecule is CC(=O)Nc1ccc(CC(=O)OCC(=O)N(C)CC(=O)Nc2cc(C)ccc2C)cc1. The van der Waals surface area contributed by atoms with Crippen molar-refractivity contribution < 1.29 is 23.9 Å². The van der Waals surface area contributed by atoms with Crippen molar-refractivity contribution in [1.29, 1.82) is 0 Å². The zero-order valence-electron chi connectivity index (χ0n) is 18.2. The summed E-state index contributed by atoms with van der Waals surface area (Å²) >= 11 is 0. The summed E-state index contributed by atoms with van der Waals surface area (Å²) in [5.41, 5.74) is 3.95. The molecule has 2 N–H and O–H groups in total. The number of hydrogen-bond donors (Lipinski definition) is 2. The van der Waals surface area contributed by atoms with Crippen LogP contribution < -0.4 is 10.6 Å². The summed E-state index contributed by atoms with van der Waals surface area (Å²) in [6, 6.07) is 12.5. The van der Waals surface area contributed by atoms with E-state index in [1.807, 2.05) is 32.0 Å². The van der Waals surface area contributed by atoms with Crippen molar-refractivity contribution in [2.75, 3.05) is 30.8 Å². The molecule has 2 aromatic carbocycles. The van der Waals surface area contributed by atoms with Gasteiger partial charge in [0.05, 0.1) is 13.0 Å². The van der Waals surface area contributed by atoms with Crippen molar-refractivity contribution in [1.82, 2.24) is 4.90 Å². The van der Waals surface area contributed by atoms with Crippen molar-refractivity contribution in [3.63, 3.8) is 0 Å². The maximum absolute atomic E-state index is 12.2. The lowest BCUT2D eigenvalue weighted by molar-refractivity contribution is -0.151. The van der Waals surface area contributed by atoms with Crippen LogP contribution in [0.1, 0.15) is 23.6 Å². The minimum Gasteiger partial charge on any atom is -0.455 e. The largest absolute Gasteiger partial charge is 0.455 e. The number of rotatable bonds is 8. The van der Waals surface area contributed by atoms with Gasteiger partial charge in [-0.25, -0.2) is 0 Å². The highest BCUT2D eigenvalue weighted by molar-refractivity contribution is 5.95. The summed E-state index contributed by atoms with van der Waals surface area (Å²) in [6.45, 7) is 4.62. The molecular formula is C23H27N3O5. The fourth-order valence-electron chi connectivity index (χ4n) is 2.74. The minimum absolute atomic E-state index is 0.00946. The molecule has 0 saturated heterocycles. The fraction of sp³-hybridized carbons (Fsp3) is 0.304. The van der Waals surface area contributed by atoms with E-state index in [2.05, 4.69) is 10.6 Å². The van der Waals surface area contributed by atoms with Gasteiger partial charge in [0.1, 0.15) is 0 Å². The highest BCUT2D eigenvalue weighted by atomic mass is 16.5. The third-order valence-electron chi connectivity index (χ3n) is 4.45. The Morgan fingerprint density at radius 2 is 1.65 bits per heavy atom. The van der Waals surface area contributed by atoms with Crippen LogP contribution in [-0.4, -0.2) is 48.8 Å². The van der Waals surface area contributed by atoms with E-state index >= 15 is 0 Å². The fourth-order valence-corrected chi connectivity index (χ4v) is 2.74. The lowest BCUT2D eigenvalue weighted by atomic mass is 10.1. The first-order valence-corrected chi connectivity index (χ1v) is 9.77. The molecular weight excluding hydrogens is 398 g/mol. The van der Waals surface area contributed by atoms with Crippen molar-refractivity contribution in [2.45, 2.75) is 27.2 Å². The molecule has 164 valence electrons. The molecule has 0 saturated carbocycles. The van der Waals surface area contributed by atoms with Gasteiger partial charge in [-0.3, -0.25) is 19.2 Å². The number of likely N-dealkylation sites (N-methyl/N-ethyl adjacent to an activating group) is 1. The number of carbonyl (C=O) groups is 4. The Morgan fingerprint density at radius 3 is 2.29 bits per heavy atom. The molecule has 0 heterocycles. The Kier molecular flexibility index (Phi) is 8.31. The molecule has 0 unspecified atom stereocenters. The predicted molar refractivity (Wildman–Crippen MR) is 118 cm³/mol. The summed E-state index contributed by atoms with van der Waals surface area (Å²) in [5, 5.41) is 5.42. The molecule has 8 nitrogen and oxygen atoms in total. The van der Waals surface area contributed by atoms with E-state index in [4.69, 9.17) is 4.74 Å². The van der Waals surface area contributed by atoms with E-state index in [0.717, 1.165) is 11.1 Å². The third-order valence-corrected chi connectivity index (χ3v) is 4.45. The topological polar surface area (TPSA) is 105 Å². The monoisotopic (exact) mass is 425 g/mol. The molecule has 0 fully saturated rings. The maximum Gasteiger partial charge on any atom is 0.310 e. The Balaban J connectivity index is 1.77. The van der Waals surface area contributed by atoms with Crippen LogP contribution in [0, 0.1) is 13.8 Å². The van der Waals surface area contributed by atoms with Gasteiger partial charge in [0.2, 0.25) is 11.8 Å². The number of benzene rings is 2. The Hall–Kier alpha value is -3.68. The van der Waals surface area contributed by atoms with Gasteiger partial charge in [-0.15, -0.1) is 0 Å². The number of nitrogens with zero attached hydrogens (tertiary/aromatic N) is 1. The third kappa shape index (κ3) is 7.93. The molecule has 0 aliphatic heterocycles. The first kappa shape index (κ1) is 23.6. The van der Waals surface area contributed by atoms with E-state index in [0.29, 0.717) is 16.9 Å². The lowest BCUT2D eigenvalue weighted by Gasteiger charge is -2.17. The average molecular weight is 425 g/mol.